The first-order valence-corrected chi connectivity index (χ1v) is 7.89. The minimum absolute atomic E-state index is 0.0893. The van der Waals surface area contributed by atoms with Crippen molar-refractivity contribution in [3.05, 3.63) is 34.9 Å². The zero-order valence-corrected chi connectivity index (χ0v) is 14.4. The summed E-state index contributed by atoms with van der Waals surface area (Å²) in [6.45, 7) is 9.51. The van der Waals surface area contributed by atoms with Gasteiger partial charge in [0.2, 0.25) is 0 Å². The maximum atomic E-state index is 5.97. The number of benzene rings is 1. The van der Waals surface area contributed by atoms with Crippen LogP contribution in [-0.2, 0) is 9.47 Å². The van der Waals surface area contributed by atoms with Gasteiger partial charge >= 0.3 is 0 Å². The smallest absolute Gasteiger partial charge is 0.0598 e. The van der Waals surface area contributed by atoms with Crippen molar-refractivity contribution >= 4 is 11.6 Å². The van der Waals surface area contributed by atoms with E-state index in [2.05, 4.69) is 38.2 Å². The SMILES string of the molecule is COCCNCC(CCOC(C)(C)C)c1ccc(Cl)cc1. The van der Waals surface area contributed by atoms with Crippen molar-refractivity contribution in [2.24, 2.45) is 0 Å². The maximum Gasteiger partial charge on any atom is 0.0598 e. The highest BCUT2D eigenvalue weighted by Gasteiger charge is 2.15. The summed E-state index contributed by atoms with van der Waals surface area (Å²) in [5.74, 6) is 0.418. The Bertz CT molecular complexity index is 387. The molecule has 0 aromatic heterocycles. The molecule has 21 heavy (non-hydrogen) atoms. The van der Waals surface area contributed by atoms with Gasteiger partial charge in [-0.05, 0) is 50.8 Å². The highest BCUT2D eigenvalue weighted by molar-refractivity contribution is 6.30. The predicted octanol–water partition coefficient (Wildman–Crippen LogP) is 3.86. The van der Waals surface area contributed by atoms with Crippen molar-refractivity contribution in [1.82, 2.24) is 5.32 Å². The molecule has 1 aromatic carbocycles. The Morgan fingerprint density at radius 1 is 1.14 bits per heavy atom. The van der Waals surface area contributed by atoms with Gasteiger partial charge in [-0.25, -0.2) is 0 Å². The van der Waals surface area contributed by atoms with Crippen LogP contribution in [0.2, 0.25) is 5.02 Å². The van der Waals surface area contributed by atoms with Crippen molar-refractivity contribution in [3.8, 4) is 0 Å². The molecule has 1 atom stereocenters. The van der Waals surface area contributed by atoms with Crippen LogP contribution in [0.3, 0.4) is 0 Å². The average molecular weight is 314 g/mol. The lowest BCUT2D eigenvalue weighted by molar-refractivity contribution is -0.00625. The van der Waals surface area contributed by atoms with Crippen LogP contribution in [0.25, 0.3) is 0 Å². The second-order valence-electron chi connectivity index (χ2n) is 6.19. The van der Waals surface area contributed by atoms with Gasteiger partial charge in [0.05, 0.1) is 12.2 Å². The summed E-state index contributed by atoms with van der Waals surface area (Å²) in [6, 6.07) is 8.09. The van der Waals surface area contributed by atoms with Crippen LogP contribution in [-0.4, -0.2) is 39.0 Å². The van der Waals surface area contributed by atoms with E-state index in [0.717, 1.165) is 37.7 Å². The number of hydrogen-bond donors (Lipinski definition) is 1. The van der Waals surface area contributed by atoms with E-state index in [9.17, 15) is 0 Å². The molecule has 0 heterocycles. The second kappa shape index (κ2) is 9.42. The molecular weight excluding hydrogens is 286 g/mol. The quantitative estimate of drug-likeness (QED) is 0.702. The van der Waals surface area contributed by atoms with Gasteiger partial charge in [0.1, 0.15) is 0 Å². The molecule has 0 aliphatic heterocycles. The summed E-state index contributed by atoms with van der Waals surface area (Å²) in [7, 11) is 1.72. The van der Waals surface area contributed by atoms with Crippen molar-refractivity contribution in [2.75, 3.05) is 33.4 Å². The highest BCUT2D eigenvalue weighted by Crippen LogP contribution is 2.22. The second-order valence-corrected chi connectivity index (χ2v) is 6.63. The summed E-state index contributed by atoms with van der Waals surface area (Å²) in [6.07, 6.45) is 0.985. The number of nitrogens with one attached hydrogen (secondary N) is 1. The van der Waals surface area contributed by atoms with Gasteiger partial charge < -0.3 is 14.8 Å². The highest BCUT2D eigenvalue weighted by atomic mass is 35.5. The summed E-state index contributed by atoms with van der Waals surface area (Å²) in [4.78, 5) is 0. The number of methoxy groups -OCH3 is 1. The van der Waals surface area contributed by atoms with E-state index in [1.165, 1.54) is 5.56 Å². The molecule has 0 radical (unpaired) electrons. The lowest BCUT2D eigenvalue weighted by Crippen LogP contribution is -2.27. The van der Waals surface area contributed by atoms with E-state index in [1.807, 2.05) is 12.1 Å². The molecule has 120 valence electrons. The van der Waals surface area contributed by atoms with Gasteiger partial charge in [0, 0.05) is 31.8 Å². The molecule has 4 heteroatoms. The molecule has 0 saturated carbocycles. The average Bonchev–Trinajstić information content (AvgIpc) is 2.41. The fraction of sp³-hybridized carbons (Fsp3) is 0.647. The molecule has 1 aromatic rings. The van der Waals surface area contributed by atoms with Crippen LogP contribution < -0.4 is 5.32 Å². The van der Waals surface area contributed by atoms with Crippen LogP contribution in [0, 0.1) is 0 Å². The third-order valence-electron chi connectivity index (χ3n) is 3.22. The first-order chi connectivity index (χ1) is 9.92. The molecule has 1 N–H and O–H groups in total. The minimum Gasteiger partial charge on any atom is -0.383 e. The number of hydrogen-bond acceptors (Lipinski definition) is 3. The summed E-state index contributed by atoms with van der Waals surface area (Å²) >= 11 is 5.97. The molecule has 0 spiro atoms. The van der Waals surface area contributed by atoms with Crippen molar-refractivity contribution in [3.63, 3.8) is 0 Å². The summed E-state index contributed by atoms with van der Waals surface area (Å²) in [5, 5.41) is 4.21. The van der Waals surface area contributed by atoms with Crippen molar-refractivity contribution in [1.29, 1.82) is 0 Å². The maximum absolute atomic E-state index is 5.97. The Hall–Kier alpha value is -0.610. The normalized spacial score (nSPS) is 13.4. The number of rotatable bonds is 9. The summed E-state index contributed by atoms with van der Waals surface area (Å²) in [5.41, 5.74) is 1.20. The standard InChI is InChI=1S/C17H28ClNO2/c1-17(2,3)21-11-9-15(13-19-10-12-20-4)14-5-7-16(18)8-6-14/h5-8,15,19H,9-13H2,1-4H3. The molecule has 0 amide bonds. The van der Waals surface area contributed by atoms with E-state index < -0.39 is 0 Å². The van der Waals surface area contributed by atoms with Gasteiger partial charge in [-0.3, -0.25) is 0 Å². The lowest BCUT2D eigenvalue weighted by atomic mass is 9.96. The molecule has 3 nitrogen and oxygen atoms in total. The van der Waals surface area contributed by atoms with Crippen molar-refractivity contribution in [2.45, 2.75) is 38.7 Å². The van der Waals surface area contributed by atoms with Crippen molar-refractivity contribution < 1.29 is 9.47 Å². The number of halogens is 1. The molecule has 1 unspecified atom stereocenters. The fourth-order valence-electron chi connectivity index (χ4n) is 2.08. The van der Waals surface area contributed by atoms with Gasteiger partial charge in [0.25, 0.3) is 0 Å². The molecule has 0 bridgehead atoms. The zero-order valence-electron chi connectivity index (χ0n) is 13.6. The van der Waals surface area contributed by atoms with Crippen LogP contribution in [0.15, 0.2) is 24.3 Å². The molecule has 0 aliphatic carbocycles. The van der Waals surface area contributed by atoms with E-state index >= 15 is 0 Å². The first kappa shape index (κ1) is 18.4. The number of ether oxygens (including phenoxy) is 2. The van der Waals surface area contributed by atoms with Crippen LogP contribution in [0.4, 0.5) is 0 Å². The molecular formula is C17H28ClNO2. The first-order valence-electron chi connectivity index (χ1n) is 7.51. The fourth-order valence-corrected chi connectivity index (χ4v) is 2.21. The largest absolute Gasteiger partial charge is 0.383 e. The Balaban J connectivity index is 2.54. The molecule has 0 fully saturated rings. The summed E-state index contributed by atoms with van der Waals surface area (Å²) < 4.78 is 10.9. The molecule has 0 aliphatic rings. The molecule has 0 saturated heterocycles. The van der Waals surface area contributed by atoms with E-state index in [4.69, 9.17) is 21.1 Å². The Labute approximate surface area is 134 Å². The Kier molecular flexibility index (Phi) is 8.27. The molecule has 1 rings (SSSR count). The zero-order chi connectivity index (χ0) is 15.7. The van der Waals surface area contributed by atoms with Gasteiger partial charge in [-0.15, -0.1) is 0 Å². The van der Waals surface area contributed by atoms with Crippen LogP contribution in [0.5, 0.6) is 0 Å². The van der Waals surface area contributed by atoms with Gasteiger partial charge in [0.15, 0.2) is 0 Å². The monoisotopic (exact) mass is 313 g/mol. The predicted molar refractivity (Wildman–Crippen MR) is 89.3 cm³/mol. The van der Waals surface area contributed by atoms with Gasteiger partial charge in [-0.1, -0.05) is 23.7 Å². The van der Waals surface area contributed by atoms with E-state index in [0.29, 0.717) is 5.92 Å². The van der Waals surface area contributed by atoms with E-state index in [1.54, 1.807) is 7.11 Å². The van der Waals surface area contributed by atoms with Gasteiger partial charge in [-0.2, -0.15) is 0 Å². The van der Waals surface area contributed by atoms with Crippen LogP contribution >= 0.6 is 11.6 Å². The topological polar surface area (TPSA) is 30.5 Å². The lowest BCUT2D eigenvalue weighted by Gasteiger charge is -2.23. The third-order valence-corrected chi connectivity index (χ3v) is 3.47. The van der Waals surface area contributed by atoms with Crippen LogP contribution in [0.1, 0.15) is 38.7 Å². The van der Waals surface area contributed by atoms with E-state index in [-0.39, 0.29) is 5.60 Å². The third kappa shape index (κ3) is 8.42. The Morgan fingerprint density at radius 2 is 1.81 bits per heavy atom. The minimum atomic E-state index is -0.0893. The Morgan fingerprint density at radius 3 is 2.38 bits per heavy atom.